The Morgan fingerprint density at radius 1 is 1.10 bits per heavy atom. The standard InChI is InChI=1S/C16H17FN2O/c1-9-6-10(2)15(11(3)7-9)16(20)19-12-4-5-14(18)13(17)8-12/h4-8H,18H2,1-3H3,(H,19,20). The number of carbonyl (C=O) groups excluding carboxylic acids is 1. The maximum atomic E-state index is 13.4. The highest BCUT2D eigenvalue weighted by molar-refractivity contribution is 6.06. The fourth-order valence-corrected chi connectivity index (χ4v) is 2.34. The van der Waals surface area contributed by atoms with Gasteiger partial charge in [0, 0.05) is 11.3 Å². The molecule has 2 aromatic rings. The van der Waals surface area contributed by atoms with Gasteiger partial charge >= 0.3 is 0 Å². The third-order valence-corrected chi connectivity index (χ3v) is 3.16. The van der Waals surface area contributed by atoms with Gasteiger partial charge in [-0.2, -0.15) is 0 Å². The van der Waals surface area contributed by atoms with E-state index in [2.05, 4.69) is 5.32 Å². The molecule has 3 N–H and O–H groups in total. The summed E-state index contributed by atoms with van der Waals surface area (Å²) in [5.41, 5.74) is 9.38. The van der Waals surface area contributed by atoms with Crippen LogP contribution in [0.1, 0.15) is 27.0 Å². The molecule has 0 aliphatic heterocycles. The molecule has 20 heavy (non-hydrogen) atoms. The van der Waals surface area contributed by atoms with Crippen LogP contribution in [0.15, 0.2) is 30.3 Å². The third kappa shape index (κ3) is 2.79. The van der Waals surface area contributed by atoms with E-state index in [1.54, 1.807) is 6.07 Å². The van der Waals surface area contributed by atoms with Gasteiger partial charge in [0.2, 0.25) is 0 Å². The van der Waals surface area contributed by atoms with Crippen LogP contribution in [-0.2, 0) is 0 Å². The lowest BCUT2D eigenvalue weighted by molar-refractivity contribution is 0.102. The van der Waals surface area contributed by atoms with Crippen LogP contribution in [0, 0.1) is 26.6 Å². The summed E-state index contributed by atoms with van der Waals surface area (Å²) < 4.78 is 13.4. The Bertz CT molecular complexity index is 657. The van der Waals surface area contributed by atoms with E-state index in [9.17, 15) is 9.18 Å². The van der Waals surface area contributed by atoms with E-state index in [1.807, 2.05) is 32.9 Å². The lowest BCUT2D eigenvalue weighted by Crippen LogP contribution is -2.15. The van der Waals surface area contributed by atoms with Crippen LogP contribution in [0.2, 0.25) is 0 Å². The van der Waals surface area contributed by atoms with Gasteiger partial charge in [0.25, 0.3) is 5.91 Å². The molecule has 0 bridgehead atoms. The summed E-state index contributed by atoms with van der Waals surface area (Å²) in [4.78, 5) is 12.3. The summed E-state index contributed by atoms with van der Waals surface area (Å²) in [5, 5.41) is 2.69. The first-order chi connectivity index (χ1) is 9.38. The molecule has 2 rings (SSSR count). The second-order valence-corrected chi connectivity index (χ2v) is 4.96. The zero-order valence-corrected chi connectivity index (χ0v) is 11.8. The first-order valence-electron chi connectivity index (χ1n) is 6.32. The van der Waals surface area contributed by atoms with Crippen LogP contribution in [0.5, 0.6) is 0 Å². The topological polar surface area (TPSA) is 55.1 Å². The predicted octanol–water partition coefficient (Wildman–Crippen LogP) is 3.59. The van der Waals surface area contributed by atoms with Gasteiger partial charge in [-0.25, -0.2) is 4.39 Å². The number of carbonyl (C=O) groups is 1. The average molecular weight is 272 g/mol. The van der Waals surface area contributed by atoms with Crippen molar-refractivity contribution in [3.63, 3.8) is 0 Å². The molecule has 104 valence electrons. The molecule has 0 aromatic heterocycles. The van der Waals surface area contributed by atoms with Crippen LogP contribution in [-0.4, -0.2) is 5.91 Å². The largest absolute Gasteiger partial charge is 0.396 e. The van der Waals surface area contributed by atoms with Gasteiger partial charge in [0.15, 0.2) is 0 Å². The Morgan fingerprint density at radius 3 is 2.25 bits per heavy atom. The fraction of sp³-hybridized carbons (Fsp3) is 0.188. The van der Waals surface area contributed by atoms with Crippen LogP contribution in [0.3, 0.4) is 0 Å². The van der Waals surface area contributed by atoms with E-state index in [0.717, 1.165) is 16.7 Å². The van der Waals surface area contributed by atoms with Crippen molar-refractivity contribution >= 4 is 17.3 Å². The molecule has 1 amide bonds. The third-order valence-electron chi connectivity index (χ3n) is 3.16. The molecule has 0 aliphatic carbocycles. The quantitative estimate of drug-likeness (QED) is 0.821. The van der Waals surface area contributed by atoms with Gasteiger partial charge in [-0.15, -0.1) is 0 Å². The van der Waals surface area contributed by atoms with E-state index in [0.29, 0.717) is 11.3 Å². The fourth-order valence-electron chi connectivity index (χ4n) is 2.34. The molecule has 3 nitrogen and oxygen atoms in total. The lowest BCUT2D eigenvalue weighted by Gasteiger charge is -2.12. The summed E-state index contributed by atoms with van der Waals surface area (Å²) in [5.74, 6) is -0.788. The van der Waals surface area contributed by atoms with Crippen molar-refractivity contribution in [3.05, 3.63) is 58.4 Å². The zero-order valence-electron chi connectivity index (χ0n) is 11.8. The molecular formula is C16H17FN2O. The van der Waals surface area contributed by atoms with E-state index in [4.69, 9.17) is 5.73 Å². The average Bonchev–Trinajstić information content (AvgIpc) is 2.32. The molecule has 0 fully saturated rings. The SMILES string of the molecule is Cc1cc(C)c(C(=O)Nc2ccc(N)c(F)c2)c(C)c1. The van der Waals surface area contributed by atoms with Crippen molar-refractivity contribution in [2.45, 2.75) is 20.8 Å². The van der Waals surface area contributed by atoms with Crippen LogP contribution < -0.4 is 11.1 Å². The molecular weight excluding hydrogens is 255 g/mol. The highest BCUT2D eigenvalue weighted by Crippen LogP contribution is 2.20. The number of nitrogens with two attached hydrogens (primary N) is 1. The Hall–Kier alpha value is -2.36. The van der Waals surface area contributed by atoms with Crippen LogP contribution in [0.4, 0.5) is 15.8 Å². The summed E-state index contributed by atoms with van der Waals surface area (Å²) >= 11 is 0. The predicted molar refractivity (Wildman–Crippen MR) is 79.4 cm³/mol. The zero-order chi connectivity index (χ0) is 14.9. The van der Waals surface area contributed by atoms with Gasteiger partial charge in [-0.1, -0.05) is 17.7 Å². The van der Waals surface area contributed by atoms with Crippen molar-refractivity contribution in [1.29, 1.82) is 0 Å². The Balaban J connectivity index is 2.31. The molecule has 0 atom stereocenters. The van der Waals surface area contributed by atoms with Gasteiger partial charge in [-0.3, -0.25) is 4.79 Å². The summed E-state index contributed by atoms with van der Waals surface area (Å²) in [6.07, 6.45) is 0. The molecule has 0 radical (unpaired) electrons. The van der Waals surface area contributed by atoms with E-state index in [-0.39, 0.29) is 11.6 Å². The van der Waals surface area contributed by atoms with E-state index >= 15 is 0 Å². The van der Waals surface area contributed by atoms with Crippen molar-refractivity contribution in [2.75, 3.05) is 11.1 Å². The minimum absolute atomic E-state index is 0.0608. The number of hydrogen-bond donors (Lipinski definition) is 2. The molecule has 0 unspecified atom stereocenters. The molecule has 0 saturated carbocycles. The first kappa shape index (κ1) is 14.1. The molecule has 0 aliphatic rings. The number of nitrogens with one attached hydrogen (secondary N) is 1. The number of aryl methyl sites for hydroxylation is 3. The Morgan fingerprint density at radius 2 is 1.70 bits per heavy atom. The summed E-state index contributed by atoms with van der Waals surface area (Å²) in [7, 11) is 0. The number of anilines is 2. The van der Waals surface area contributed by atoms with Crippen molar-refractivity contribution in [3.8, 4) is 0 Å². The van der Waals surface area contributed by atoms with Crippen LogP contribution in [0.25, 0.3) is 0 Å². The number of nitrogen functional groups attached to an aromatic ring is 1. The van der Waals surface area contributed by atoms with Crippen molar-refractivity contribution < 1.29 is 9.18 Å². The number of benzene rings is 2. The maximum absolute atomic E-state index is 13.4. The van der Waals surface area contributed by atoms with Crippen molar-refractivity contribution in [2.24, 2.45) is 0 Å². The highest BCUT2D eigenvalue weighted by Gasteiger charge is 2.13. The van der Waals surface area contributed by atoms with Gasteiger partial charge < -0.3 is 11.1 Å². The minimum atomic E-state index is -0.542. The maximum Gasteiger partial charge on any atom is 0.256 e. The summed E-state index contributed by atoms with van der Waals surface area (Å²) in [6.45, 7) is 5.76. The molecule has 0 spiro atoms. The Kier molecular flexibility index (Phi) is 3.74. The first-order valence-corrected chi connectivity index (χ1v) is 6.32. The number of halogens is 1. The highest BCUT2D eigenvalue weighted by atomic mass is 19.1. The van der Waals surface area contributed by atoms with E-state index in [1.165, 1.54) is 12.1 Å². The number of amides is 1. The van der Waals surface area contributed by atoms with E-state index < -0.39 is 5.82 Å². The van der Waals surface area contributed by atoms with Gasteiger partial charge in [0.1, 0.15) is 5.82 Å². The smallest absolute Gasteiger partial charge is 0.256 e. The molecule has 4 heteroatoms. The molecule has 2 aromatic carbocycles. The molecule has 0 heterocycles. The Labute approximate surface area is 117 Å². The monoisotopic (exact) mass is 272 g/mol. The second-order valence-electron chi connectivity index (χ2n) is 4.96. The summed E-state index contributed by atoms with van der Waals surface area (Å²) in [6, 6.07) is 8.12. The van der Waals surface area contributed by atoms with Gasteiger partial charge in [0.05, 0.1) is 5.69 Å². The van der Waals surface area contributed by atoms with Crippen molar-refractivity contribution in [1.82, 2.24) is 0 Å². The van der Waals surface area contributed by atoms with Gasteiger partial charge in [-0.05, 0) is 50.1 Å². The molecule has 0 saturated heterocycles. The lowest BCUT2D eigenvalue weighted by atomic mass is 9.99. The second kappa shape index (κ2) is 5.33. The van der Waals surface area contributed by atoms with Crippen LogP contribution >= 0.6 is 0 Å². The number of hydrogen-bond acceptors (Lipinski definition) is 2. The normalized spacial score (nSPS) is 10.4. The minimum Gasteiger partial charge on any atom is -0.396 e. The number of rotatable bonds is 2.